The third-order valence-corrected chi connectivity index (χ3v) is 4.12. The second kappa shape index (κ2) is 5.71. The van der Waals surface area contributed by atoms with E-state index in [1.54, 1.807) is 24.1 Å². The van der Waals surface area contributed by atoms with Gasteiger partial charge in [-0.1, -0.05) is 12.1 Å². The molecule has 0 spiro atoms. The van der Waals surface area contributed by atoms with Crippen molar-refractivity contribution in [3.05, 3.63) is 30.0 Å². The number of nitrogens with zero attached hydrogens (tertiary/aromatic N) is 1. The summed E-state index contributed by atoms with van der Waals surface area (Å²) in [7, 11) is 1.56. The minimum Gasteiger partial charge on any atom is -0.493 e. The summed E-state index contributed by atoms with van der Waals surface area (Å²) in [6.45, 7) is 1.03. The third-order valence-electron chi connectivity index (χ3n) is 4.12. The summed E-state index contributed by atoms with van der Waals surface area (Å²) < 4.78 is 10.9. The SMILES string of the molecule is COc1cccc2cc(C(=O)N3CCC(C(N)=O)CC3)oc12. The van der Waals surface area contributed by atoms with Gasteiger partial charge in [0.25, 0.3) is 5.91 Å². The number of primary amides is 1. The molecular weight excluding hydrogens is 284 g/mol. The lowest BCUT2D eigenvalue weighted by Crippen LogP contribution is -2.41. The monoisotopic (exact) mass is 302 g/mol. The van der Waals surface area contributed by atoms with Gasteiger partial charge < -0.3 is 19.8 Å². The molecule has 0 unspecified atom stereocenters. The summed E-state index contributed by atoms with van der Waals surface area (Å²) in [5.74, 6) is 0.294. The van der Waals surface area contributed by atoms with E-state index in [0.717, 1.165) is 5.39 Å². The number of rotatable bonds is 3. The predicted octanol–water partition coefficient (Wildman–Crippen LogP) is 1.78. The Labute approximate surface area is 127 Å². The van der Waals surface area contributed by atoms with Crippen molar-refractivity contribution in [2.75, 3.05) is 20.2 Å². The summed E-state index contributed by atoms with van der Waals surface area (Å²) in [6, 6.07) is 7.24. The molecule has 116 valence electrons. The number of hydrogen-bond acceptors (Lipinski definition) is 4. The molecule has 1 saturated heterocycles. The van der Waals surface area contributed by atoms with Crippen LogP contribution in [-0.4, -0.2) is 36.9 Å². The lowest BCUT2D eigenvalue weighted by molar-refractivity contribution is -0.123. The molecule has 1 aliphatic heterocycles. The van der Waals surface area contributed by atoms with Crippen molar-refractivity contribution in [2.45, 2.75) is 12.8 Å². The van der Waals surface area contributed by atoms with E-state index in [9.17, 15) is 9.59 Å². The van der Waals surface area contributed by atoms with Crippen LogP contribution in [0.15, 0.2) is 28.7 Å². The van der Waals surface area contributed by atoms with Crippen LogP contribution in [0.2, 0.25) is 0 Å². The fraction of sp³-hybridized carbons (Fsp3) is 0.375. The van der Waals surface area contributed by atoms with Crippen molar-refractivity contribution < 1.29 is 18.7 Å². The molecule has 1 aromatic heterocycles. The molecule has 2 amide bonds. The lowest BCUT2D eigenvalue weighted by Gasteiger charge is -2.29. The second-order valence-electron chi connectivity index (χ2n) is 5.46. The van der Waals surface area contributed by atoms with Crippen molar-refractivity contribution in [2.24, 2.45) is 11.7 Å². The second-order valence-corrected chi connectivity index (χ2v) is 5.46. The number of methoxy groups -OCH3 is 1. The highest BCUT2D eigenvalue weighted by Crippen LogP contribution is 2.29. The van der Waals surface area contributed by atoms with E-state index in [1.807, 2.05) is 12.1 Å². The van der Waals surface area contributed by atoms with Gasteiger partial charge in [0.2, 0.25) is 5.91 Å². The van der Waals surface area contributed by atoms with Crippen LogP contribution in [0.5, 0.6) is 5.75 Å². The van der Waals surface area contributed by atoms with E-state index >= 15 is 0 Å². The Morgan fingerprint density at radius 2 is 2.05 bits per heavy atom. The highest BCUT2D eigenvalue weighted by Gasteiger charge is 2.28. The zero-order chi connectivity index (χ0) is 15.7. The standard InChI is InChI=1S/C16H18N2O4/c1-21-12-4-2-3-11-9-13(22-14(11)12)16(20)18-7-5-10(6-8-18)15(17)19/h2-4,9-10H,5-8H2,1H3,(H2,17,19). The predicted molar refractivity (Wildman–Crippen MR) is 80.6 cm³/mol. The first-order valence-electron chi connectivity index (χ1n) is 7.25. The minimum atomic E-state index is -0.291. The molecule has 1 aliphatic rings. The molecule has 0 saturated carbocycles. The zero-order valence-electron chi connectivity index (χ0n) is 12.4. The molecule has 1 aromatic carbocycles. The summed E-state index contributed by atoms with van der Waals surface area (Å²) >= 11 is 0. The van der Waals surface area contributed by atoms with Gasteiger partial charge in [0.15, 0.2) is 17.1 Å². The van der Waals surface area contributed by atoms with Crippen molar-refractivity contribution in [3.8, 4) is 5.75 Å². The summed E-state index contributed by atoms with van der Waals surface area (Å²) in [5.41, 5.74) is 5.88. The number of para-hydroxylation sites is 1. The fourth-order valence-corrected chi connectivity index (χ4v) is 2.83. The summed E-state index contributed by atoms with van der Waals surface area (Å²) in [5, 5.41) is 0.828. The Hall–Kier alpha value is -2.50. The van der Waals surface area contributed by atoms with Gasteiger partial charge in [-0.15, -0.1) is 0 Å². The number of nitrogens with two attached hydrogens (primary N) is 1. The lowest BCUT2D eigenvalue weighted by atomic mass is 9.96. The van der Waals surface area contributed by atoms with Gasteiger partial charge in [-0.3, -0.25) is 9.59 Å². The van der Waals surface area contributed by atoms with E-state index in [0.29, 0.717) is 37.3 Å². The van der Waals surface area contributed by atoms with Crippen LogP contribution in [0.25, 0.3) is 11.0 Å². The van der Waals surface area contributed by atoms with E-state index in [-0.39, 0.29) is 23.5 Å². The molecule has 22 heavy (non-hydrogen) atoms. The number of likely N-dealkylation sites (tertiary alicyclic amines) is 1. The zero-order valence-corrected chi connectivity index (χ0v) is 12.4. The average Bonchev–Trinajstić information content (AvgIpc) is 2.98. The van der Waals surface area contributed by atoms with Crippen LogP contribution >= 0.6 is 0 Å². The Balaban J connectivity index is 1.80. The Morgan fingerprint density at radius 3 is 2.68 bits per heavy atom. The van der Waals surface area contributed by atoms with Gasteiger partial charge >= 0.3 is 0 Å². The Kier molecular flexibility index (Phi) is 3.75. The molecule has 0 aliphatic carbocycles. The molecular formula is C16H18N2O4. The fourth-order valence-electron chi connectivity index (χ4n) is 2.83. The summed E-state index contributed by atoms with van der Waals surface area (Å²) in [4.78, 5) is 25.4. The van der Waals surface area contributed by atoms with Gasteiger partial charge in [0.1, 0.15) is 0 Å². The average molecular weight is 302 g/mol. The largest absolute Gasteiger partial charge is 0.493 e. The molecule has 2 N–H and O–H groups in total. The van der Waals surface area contributed by atoms with Gasteiger partial charge in [-0.05, 0) is 25.0 Å². The van der Waals surface area contributed by atoms with Gasteiger partial charge in [-0.2, -0.15) is 0 Å². The highest BCUT2D eigenvalue weighted by molar-refractivity contribution is 5.97. The van der Waals surface area contributed by atoms with E-state index in [1.165, 1.54) is 0 Å². The molecule has 0 radical (unpaired) electrons. The van der Waals surface area contributed by atoms with Crippen molar-refractivity contribution >= 4 is 22.8 Å². The number of hydrogen-bond donors (Lipinski definition) is 1. The molecule has 0 bridgehead atoms. The first-order valence-corrected chi connectivity index (χ1v) is 7.25. The maximum atomic E-state index is 12.5. The molecule has 2 heterocycles. The Morgan fingerprint density at radius 1 is 1.32 bits per heavy atom. The van der Waals surface area contributed by atoms with Gasteiger partial charge in [-0.25, -0.2) is 0 Å². The topological polar surface area (TPSA) is 85.8 Å². The van der Waals surface area contributed by atoms with Crippen molar-refractivity contribution in [1.82, 2.24) is 4.90 Å². The van der Waals surface area contributed by atoms with Crippen LogP contribution in [0.3, 0.4) is 0 Å². The molecule has 2 aromatic rings. The number of furan rings is 1. The molecule has 0 atom stereocenters. The van der Waals surface area contributed by atoms with E-state index < -0.39 is 0 Å². The highest BCUT2D eigenvalue weighted by atomic mass is 16.5. The number of carbonyl (C=O) groups is 2. The first kappa shape index (κ1) is 14.4. The number of carbonyl (C=O) groups excluding carboxylic acids is 2. The van der Waals surface area contributed by atoms with Crippen molar-refractivity contribution in [1.29, 1.82) is 0 Å². The molecule has 6 heteroatoms. The smallest absolute Gasteiger partial charge is 0.289 e. The quantitative estimate of drug-likeness (QED) is 0.936. The summed E-state index contributed by atoms with van der Waals surface area (Å²) in [6.07, 6.45) is 1.20. The molecule has 3 rings (SSSR count). The first-order chi connectivity index (χ1) is 10.6. The number of benzene rings is 1. The van der Waals surface area contributed by atoms with Crippen LogP contribution in [0.4, 0.5) is 0 Å². The van der Waals surface area contributed by atoms with E-state index in [4.69, 9.17) is 14.9 Å². The van der Waals surface area contributed by atoms with Crippen LogP contribution < -0.4 is 10.5 Å². The maximum Gasteiger partial charge on any atom is 0.289 e. The van der Waals surface area contributed by atoms with Crippen molar-refractivity contribution in [3.63, 3.8) is 0 Å². The number of ether oxygens (including phenoxy) is 1. The number of piperidine rings is 1. The number of fused-ring (bicyclic) bond motifs is 1. The normalized spacial score (nSPS) is 16.0. The van der Waals surface area contributed by atoms with Crippen LogP contribution in [0, 0.1) is 5.92 Å². The molecule has 6 nitrogen and oxygen atoms in total. The van der Waals surface area contributed by atoms with Gasteiger partial charge in [0, 0.05) is 24.4 Å². The third kappa shape index (κ3) is 2.52. The van der Waals surface area contributed by atoms with Gasteiger partial charge in [0.05, 0.1) is 7.11 Å². The molecule has 1 fully saturated rings. The maximum absolute atomic E-state index is 12.5. The Bertz CT molecular complexity index is 714. The van der Waals surface area contributed by atoms with Crippen LogP contribution in [-0.2, 0) is 4.79 Å². The number of amides is 2. The minimum absolute atomic E-state index is 0.139. The van der Waals surface area contributed by atoms with Crippen LogP contribution in [0.1, 0.15) is 23.4 Å². The van der Waals surface area contributed by atoms with E-state index in [2.05, 4.69) is 0 Å².